The van der Waals surface area contributed by atoms with E-state index in [1.165, 1.54) is 6.07 Å². The van der Waals surface area contributed by atoms with Gasteiger partial charge in [-0.15, -0.1) is 12.3 Å². The molecule has 2 aromatic carbocycles. The lowest BCUT2D eigenvalue weighted by Gasteiger charge is -2.21. The molecule has 4 N–H and O–H groups in total. The molecule has 0 amide bonds. The second kappa shape index (κ2) is 6.69. The summed E-state index contributed by atoms with van der Waals surface area (Å²) in [5, 5.41) is 32.5. The Kier molecular flexibility index (Phi) is 4.70. The number of nitrogens with one attached hydrogen (secondary N) is 1. The van der Waals surface area contributed by atoms with E-state index in [4.69, 9.17) is 6.42 Å². The number of hydrogen-bond acceptors (Lipinski definition) is 4. The van der Waals surface area contributed by atoms with Gasteiger partial charge < -0.3 is 20.6 Å². The summed E-state index contributed by atoms with van der Waals surface area (Å²) in [4.78, 5) is 0. The summed E-state index contributed by atoms with van der Waals surface area (Å²) >= 11 is 0. The number of phenols is 3. The van der Waals surface area contributed by atoms with Gasteiger partial charge in [0.2, 0.25) is 5.75 Å². The summed E-state index contributed by atoms with van der Waals surface area (Å²) in [5.41, 5.74) is 1.41. The first kappa shape index (κ1) is 14.8. The largest absolute Gasteiger partial charge is 0.504 e. The maximum absolute atomic E-state index is 10.1. The highest BCUT2D eigenvalue weighted by atomic mass is 16.3. The van der Waals surface area contributed by atoms with Gasteiger partial charge >= 0.3 is 0 Å². The van der Waals surface area contributed by atoms with Crippen molar-refractivity contribution < 1.29 is 15.3 Å². The molecule has 0 aliphatic carbocycles. The molecular weight excluding hydrogens is 266 g/mol. The quantitative estimate of drug-likeness (QED) is 0.386. The van der Waals surface area contributed by atoms with Crippen LogP contribution < -0.4 is 5.32 Å². The van der Waals surface area contributed by atoms with Gasteiger partial charge in [-0.25, -0.2) is 0 Å². The normalized spacial score (nSPS) is 11.8. The number of rotatable bonds is 5. The fourth-order valence-electron chi connectivity index (χ4n) is 2.16. The Bertz CT molecular complexity index is 647. The predicted octanol–water partition coefficient (Wildman–Crippen LogP) is 2.51. The first-order valence-electron chi connectivity index (χ1n) is 6.60. The molecule has 108 valence electrons. The van der Waals surface area contributed by atoms with Gasteiger partial charge in [0.15, 0.2) is 11.5 Å². The second-order valence-electron chi connectivity index (χ2n) is 4.62. The molecule has 0 heterocycles. The third kappa shape index (κ3) is 3.28. The van der Waals surface area contributed by atoms with Crippen LogP contribution in [0.2, 0.25) is 0 Å². The number of terminal acetylenes is 1. The van der Waals surface area contributed by atoms with Crippen molar-refractivity contribution in [1.82, 2.24) is 5.32 Å². The van der Waals surface area contributed by atoms with E-state index in [-0.39, 0.29) is 17.5 Å². The van der Waals surface area contributed by atoms with Crippen LogP contribution in [0.3, 0.4) is 0 Å². The molecule has 0 fully saturated rings. The Morgan fingerprint density at radius 3 is 2.38 bits per heavy atom. The second-order valence-corrected chi connectivity index (χ2v) is 4.62. The van der Waals surface area contributed by atoms with Gasteiger partial charge in [0, 0.05) is 18.5 Å². The molecule has 0 aromatic heterocycles. The average Bonchev–Trinajstić information content (AvgIpc) is 2.51. The van der Waals surface area contributed by atoms with Crippen LogP contribution >= 0.6 is 0 Å². The fourth-order valence-corrected chi connectivity index (χ4v) is 2.16. The van der Waals surface area contributed by atoms with Crippen molar-refractivity contribution in [2.24, 2.45) is 0 Å². The third-order valence-corrected chi connectivity index (χ3v) is 3.22. The molecule has 21 heavy (non-hydrogen) atoms. The SMILES string of the molecule is C#CCCNC(c1ccccc1)c1ccc(O)c(O)c1O. The van der Waals surface area contributed by atoms with Gasteiger partial charge in [0.05, 0.1) is 6.04 Å². The molecule has 1 atom stereocenters. The van der Waals surface area contributed by atoms with E-state index < -0.39 is 5.75 Å². The van der Waals surface area contributed by atoms with Gasteiger partial charge in [0.25, 0.3) is 0 Å². The van der Waals surface area contributed by atoms with Crippen LogP contribution in [0.25, 0.3) is 0 Å². The summed E-state index contributed by atoms with van der Waals surface area (Å²) < 4.78 is 0. The summed E-state index contributed by atoms with van der Waals surface area (Å²) in [7, 11) is 0. The highest BCUT2D eigenvalue weighted by molar-refractivity contribution is 5.55. The number of benzene rings is 2. The first-order chi connectivity index (χ1) is 10.1. The molecule has 0 bridgehead atoms. The van der Waals surface area contributed by atoms with Gasteiger partial charge in [-0.1, -0.05) is 30.3 Å². The van der Waals surface area contributed by atoms with Crippen molar-refractivity contribution in [2.75, 3.05) is 6.54 Å². The van der Waals surface area contributed by atoms with Gasteiger partial charge in [-0.2, -0.15) is 0 Å². The van der Waals surface area contributed by atoms with Crippen LogP contribution in [0, 0.1) is 12.3 Å². The number of aromatic hydroxyl groups is 3. The van der Waals surface area contributed by atoms with Crippen molar-refractivity contribution in [1.29, 1.82) is 0 Å². The topological polar surface area (TPSA) is 72.7 Å². The van der Waals surface area contributed by atoms with E-state index in [9.17, 15) is 15.3 Å². The van der Waals surface area contributed by atoms with Gasteiger partial charge in [-0.3, -0.25) is 0 Å². The third-order valence-electron chi connectivity index (χ3n) is 3.22. The smallest absolute Gasteiger partial charge is 0.200 e. The Morgan fingerprint density at radius 2 is 1.71 bits per heavy atom. The molecule has 0 radical (unpaired) electrons. The summed E-state index contributed by atoms with van der Waals surface area (Å²) in [5.74, 6) is 1.33. The van der Waals surface area contributed by atoms with Crippen LogP contribution in [-0.2, 0) is 0 Å². The van der Waals surface area contributed by atoms with Crippen LogP contribution in [0.1, 0.15) is 23.6 Å². The van der Waals surface area contributed by atoms with Crippen LogP contribution in [0.4, 0.5) is 0 Å². The standard InChI is InChI=1S/C17H17NO3/c1-2-3-11-18-15(12-7-5-4-6-8-12)13-9-10-14(19)17(21)16(13)20/h1,4-10,15,18-21H,3,11H2. The molecule has 1 unspecified atom stereocenters. The van der Waals surface area contributed by atoms with Crippen LogP contribution in [-0.4, -0.2) is 21.9 Å². The van der Waals surface area contributed by atoms with Crippen LogP contribution in [0.15, 0.2) is 42.5 Å². The van der Waals surface area contributed by atoms with Crippen molar-refractivity contribution in [3.8, 4) is 29.6 Å². The van der Waals surface area contributed by atoms with E-state index in [0.29, 0.717) is 18.5 Å². The molecular formula is C17H17NO3. The lowest BCUT2D eigenvalue weighted by Crippen LogP contribution is -2.23. The highest BCUT2D eigenvalue weighted by Gasteiger charge is 2.20. The van der Waals surface area contributed by atoms with E-state index in [1.54, 1.807) is 6.07 Å². The lowest BCUT2D eigenvalue weighted by atomic mass is 9.97. The van der Waals surface area contributed by atoms with E-state index in [0.717, 1.165) is 5.56 Å². The van der Waals surface area contributed by atoms with Crippen molar-refractivity contribution in [3.05, 3.63) is 53.6 Å². The monoisotopic (exact) mass is 283 g/mol. The summed E-state index contributed by atoms with van der Waals surface area (Å²) in [6, 6.07) is 12.1. The average molecular weight is 283 g/mol. The maximum Gasteiger partial charge on any atom is 0.200 e. The Morgan fingerprint density at radius 1 is 1.00 bits per heavy atom. The Hall–Kier alpha value is -2.64. The van der Waals surface area contributed by atoms with E-state index in [2.05, 4.69) is 11.2 Å². The molecule has 2 rings (SSSR count). The number of hydrogen-bond donors (Lipinski definition) is 4. The molecule has 0 aliphatic heterocycles. The fraction of sp³-hybridized carbons (Fsp3) is 0.176. The Balaban J connectivity index is 2.40. The minimum atomic E-state index is -0.521. The van der Waals surface area contributed by atoms with Crippen LogP contribution in [0.5, 0.6) is 17.2 Å². The summed E-state index contributed by atoms with van der Waals surface area (Å²) in [6.45, 7) is 0.567. The zero-order valence-electron chi connectivity index (χ0n) is 11.5. The molecule has 0 spiro atoms. The molecule has 4 nitrogen and oxygen atoms in total. The molecule has 4 heteroatoms. The van der Waals surface area contributed by atoms with E-state index in [1.807, 2.05) is 30.3 Å². The van der Waals surface area contributed by atoms with Crippen molar-refractivity contribution in [3.63, 3.8) is 0 Å². The maximum atomic E-state index is 10.1. The lowest BCUT2D eigenvalue weighted by molar-refractivity contribution is 0.362. The Labute approximate surface area is 123 Å². The molecule has 0 aliphatic rings. The molecule has 0 saturated carbocycles. The van der Waals surface area contributed by atoms with Gasteiger partial charge in [-0.05, 0) is 17.7 Å². The highest BCUT2D eigenvalue weighted by Crippen LogP contribution is 2.41. The zero-order valence-corrected chi connectivity index (χ0v) is 11.5. The first-order valence-corrected chi connectivity index (χ1v) is 6.60. The summed E-state index contributed by atoms with van der Waals surface area (Å²) in [6.07, 6.45) is 5.80. The number of phenolic OH excluding ortho intramolecular Hbond substituents is 3. The minimum absolute atomic E-state index is 0.328. The molecule has 2 aromatic rings. The minimum Gasteiger partial charge on any atom is -0.504 e. The van der Waals surface area contributed by atoms with Gasteiger partial charge in [0.1, 0.15) is 0 Å². The van der Waals surface area contributed by atoms with Crippen molar-refractivity contribution >= 4 is 0 Å². The molecule has 0 saturated heterocycles. The van der Waals surface area contributed by atoms with Crippen molar-refractivity contribution in [2.45, 2.75) is 12.5 Å². The predicted molar refractivity (Wildman–Crippen MR) is 81.2 cm³/mol. The zero-order chi connectivity index (χ0) is 15.2. The van der Waals surface area contributed by atoms with E-state index >= 15 is 0 Å².